The molecule has 0 radical (unpaired) electrons. The molecule has 0 aromatic rings. The highest BCUT2D eigenvalue weighted by Gasteiger charge is 2.04. The molecular formula is C6H14ClNO2. The summed E-state index contributed by atoms with van der Waals surface area (Å²) in [7, 11) is 0. The zero-order chi connectivity index (χ0) is 7.28. The molecule has 0 rings (SSSR count). The number of halogens is 1. The van der Waals surface area contributed by atoms with Crippen molar-refractivity contribution >= 4 is 18.4 Å². The van der Waals surface area contributed by atoms with E-state index in [2.05, 4.69) is 0 Å². The lowest BCUT2D eigenvalue weighted by Gasteiger charge is -2.04. The fourth-order valence-electron chi connectivity index (χ4n) is 0.697. The molecular weight excluding hydrogens is 154 g/mol. The highest BCUT2D eigenvalue weighted by Crippen LogP contribution is 1.96. The number of carboxylic acids is 1. The van der Waals surface area contributed by atoms with Crippen LogP contribution in [0.5, 0.6) is 0 Å². The van der Waals surface area contributed by atoms with Crippen LogP contribution in [0.1, 0.15) is 26.2 Å². The van der Waals surface area contributed by atoms with Gasteiger partial charge in [-0.1, -0.05) is 13.3 Å². The third-order valence-electron chi connectivity index (χ3n) is 1.10. The number of hydrogen-bond acceptors (Lipinski definition) is 2. The zero-order valence-electron chi connectivity index (χ0n) is 6.04. The lowest BCUT2D eigenvalue weighted by atomic mass is 10.1. The van der Waals surface area contributed by atoms with E-state index in [1.165, 1.54) is 0 Å². The van der Waals surface area contributed by atoms with E-state index in [-0.39, 0.29) is 24.9 Å². The molecule has 0 unspecified atom stereocenters. The van der Waals surface area contributed by atoms with Crippen LogP contribution in [0.2, 0.25) is 0 Å². The first kappa shape index (κ1) is 12.4. The fourth-order valence-corrected chi connectivity index (χ4v) is 0.697. The van der Waals surface area contributed by atoms with Crippen molar-refractivity contribution < 1.29 is 9.90 Å². The van der Waals surface area contributed by atoms with Gasteiger partial charge in [-0.05, 0) is 6.42 Å². The summed E-state index contributed by atoms with van der Waals surface area (Å²) < 4.78 is 0. The Hall–Kier alpha value is -0.280. The van der Waals surface area contributed by atoms with Crippen molar-refractivity contribution in [3.05, 3.63) is 0 Å². The monoisotopic (exact) mass is 167 g/mol. The summed E-state index contributed by atoms with van der Waals surface area (Å²) in [5, 5.41) is 8.23. The predicted octanol–water partition coefficient (Wildman–Crippen LogP) is 1.01. The van der Waals surface area contributed by atoms with E-state index in [0.29, 0.717) is 0 Å². The molecule has 0 aliphatic heterocycles. The number of nitrogens with two attached hydrogens (primary N) is 1. The third kappa shape index (κ3) is 7.72. The molecule has 3 nitrogen and oxygen atoms in total. The van der Waals surface area contributed by atoms with Gasteiger partial charge in [-0.15, -0.1) is 12.4 Å². The van der Waals surface area contributed by atoms with E-state index in [4.69, 9.17) is 10.8 Å². The molecule has 0 aliphatic rings. The number of carbonyl (C=O) groups is 1. The lowest BCUT2D eigenvalue weighted by molar-refractivity contribution is -0.137. The first-order chi connectivity index (χ1) is 4.16. The maximum Gasteiger partial charge on any atom is 0.304 e. The lowest BCUT2D eigenvalue weighted by Crippen LogP contribution is -2.22. The van der Waals surface area contributed by atoms with Gasteiger partial charge in [0.1, 0.15) is 0 Å². The SMILES string of the molecule is CCC[C@@H](N)CC(=O)O.Cl. The van der Waals surface area contributed by atoms with Crippen molar-refractivity contribution in [1.82, 2.24) is 0 Å². The second-order valence-electron chi connectivity index (χ2n) is 2.15. The van der Waals surface area contributed by atoms with Gasteiger partial charge < -0.3 is 10.8 Å². The molecule has 0 saturated carbocycles. The molecule has 0 aromatic heterocycles. The smallest absolute Gasteiger partial charge is 0.304 e. The van der Waals surface area contributed by atoms with Gasteiger partial charge in [0.15, 0.2) is 0 Å². The molecule has 0 aromatic carbocycles. The molecule has 0 bridgehead atoms. The molecule has 10 heavy (non-hydrogen) atoms. The van der Waals surface area contributed by atoms with Crippen molar-refractivity contribution in [2.45, 2.75) is 32.2 Å². The molecule has 4 heteroatoms. The largest absolute Gasteiger partial charge is 0.481 e. The predicted molar refractivity (Wildman–Crippen MR) is 42.4 cm³/mol. The first-order valence-corrected chi connectivity index (χ1v) is 3.14. The van der Waals surface area contributed by atoms with Crippen LogP contribution in [-0.2, 0) is 4.79 Å². The highest BCUT2D eigenvalue weighted by atomic mass is 35.5. The number of carboxylic acid groups (broad SMARTS) is 1. The molecule has 0 fully saturated rings. The number of hydrogen-bond donors (Lipinski definition) is 2. The van der Waals surface area contributed by atoms with Crippen molar-refractivity contribution in [2.24, 2.45) is 5.73 Å². The molecule has 0 saturated heterocycles. The van der Waals surface area contributed by atoms with Gasteiger partial charge in [-0.25, -0.2) is 0 Å². The Bertz CT molecular complexity index is 97.7. The van der Waals surface area contributed by atoms with Gasteiger partial charge in [0.05, 0.1) is 6.42 Å². The highest BCUT2D eigenvalue weighted by molar-refractivity contribution is 5.85. The Morgan fingerprint density at radius 1 is 1.70 bits per heavy atom. The minimum absolute atomic E-state index is 0. The summed E-state index contributed by atoms with van der Waals surface area (Å²) in [5.41, 5.74) is 5.40. The number of rotatable bonds is 4. The van der Waals surface area contributed by atoms with Crippen molar-refractivity contribution in [3.8, 4) is 0 Å². The van der Waals surface area contributed by atoms with Gasteiger partial charge >= 0.3 is 5.97 Å². The Morgan fingerprint density at radius 2 is 2.20 bits per heavy atom. The van der Waals surface area contributed by atoms with E-state index < -0.39 is 5.97 Å². The van der Waals surface area contributed by atoms with Crippen LogP contribution in [0.25, 0.3) is 0 Å². The zero-order valence-corrected chi connectivity index (χ0v) is 6.86. The van der Waals surface area contributed by atoms with Gasteiger partial charge in [-0.2, -0.15) is 0 Å². The molecule has 1 atom stereocenters. The van der Waals surface area contributed by atoms with E-state index >= 15 is 0 Å². The summed E-state index contributed by atoms with van der Waals surface area (Å²) in [5.74, 6) is -0.809. The maximum atomic E-state index is 10.0. The summed E-state index contributed by atoms with van der Waals surface area (Å²) in [4.78, 5) is 10.0. The van der Waals surface area contributed by atoms with Gasteiger partial charge in [-0.3, -0.25) is 4.79 Å². The normalized spacial score (nSPS) is 11.8. The third-order valence-corrected chi connectivity index (χ3v) is 1.10. The Morgan fingerprint density at radius 3 is 2.50 bits per heavy atom. The number of aliphatic carboxylic acids is 1. The fraction of sp³-hybridized carbons (Fsp3) is 0.833. The van der Waals surface area contributed by atoms with Gasteiger partial charge in [0, 0.05) is 6.04 Å². The van der Waals surface area contributed by atoms with E-state index in [1.54, 1.807) is 0 Å². The summed E-state index contributed by atoms with van der Waals surface area (Å²) >= 11 is 0. The summed E-state index contributed by atoms with van der Waals surface area (Å²) in [6, 6.07) is -0.160. The molecule has 62 valence electrons. The maximum absolute atomic E-state index is 10.0. The van der Waals surface area contributed by atoms with Crippen molar-refractivity contribution in [2.75, 3.05) is 0 Å². The van der Waals surface area contributed by atoms with Crippen LogP contribution in [0.15, 0.2) is 0 Å². The van der Waals surface area contributed by atoms with Crippen LogP contribution in [0, 0.1) is 0 Å². The Labute approximate surface area is 67.0 Å². The molecule has 0 amide bonds. The van der Waals surface area contributed by atoms with Crippen LogP contribution >= 0.6 is 12.4 Å². The van der Waals surface area contributed by atoms with Crippen molar-refractivity contribution in [1.29, 1.82) is 0 Å². The minimum Gasteiger partial charge on any atom is -0.481 e. The van der Waals surface area contributed by atoms with E-state index in [0.717, 1.165) is 12.8 Å². The summed E-state index contributed by atoms with van der Waals surface area (Å²) in [6.45, 7) is 1.99. The van der Waals surface area contributed by atoms with E-state index in [9.17, 15) is 4.79 Å². The van der Waals surface area contributed by atoms with Crippen LogP contribution in [0.3, 0.4) is 0 Å². The molecule has 0 spiro atoms. The average molecular weight is 168 g/mol. The van der Waals surface area contributed by atoms with Gasteiger partial charge in [0.2, 0.25) is 0 Å². The molecule has 0 heterocycles. The van der Waals surface area contributed by atoms with Crippen LogP contribution in [-0.4, -0.2) is 17.1 Å². The average Bonchev–Trinajstić information content (AvgIpc) is 1.63. The quantitative estimate of drug-likeness (QED) is 0.657. The van der Waals surface area contributed by atoms with Crippen LogP contribution < -0.4 is 5.73 Å². The Kier molecular flexibility index (Phi) is 8.48. The molecule has 0 aliphatic carbocycles. The first-order valence-electron chi connectivity index (χ1n) is 3.14. The second kappa shape index (κ2) is 6.83. The topological polar surface area (TPSA) is 63.3 Å². The standard InChI is InChI=1S/C6H13NO2.ClH/c1-2-3-5(7)4-6(8)9;/h5H,2-4,7H2,1H3,(H,8,9);1H/t5-;/m1./s1. The second-order valence-corrected chi connectivity index (χ2v) is 2.15. The van der Waals surface area contributed by atoms with Crippen molar-refractivity contribution in [3.63, 3.8) is 0 Å². The molecule has 3 N–H and O–H groups in total. The van der Waals surface area contributed by atoms with Gasteiger partial charge in [0.25, 0.3) is 0 Å². The van der Waals surface area contributed by atoms with E-state index in [1.807, 2.05) is 6.92 Å². The summed E-state index contributed by atoms with van der Waals surface area (Å²) in [6.07, 6.45) is 1.84. The Balaban J connectivity index is 0. The van der Waals surface area contributed by atoms with Crippen LogP contribution in [0.4, 0.5) is 0 Å². The minimum atomic E-state index is -0.809.